The van der Waals surface area contributed by atoms with Crippen LogP contribution in [-0.4, -0.2) is 36.2 Å². The van der Waals surface area contributed by atoms with E-state index in [1.54, 1.807) is 31.0 Å². The number of halogens is 1. The second kappa shape index (κ2) is 8.83. The smallest absolute Gasteiger partial charge is 0.269 e. The van der Waals surface area contributed by atoms with Gasteiger partial charge in [0.05, 0.1) is 23.5 Å². The number of ether oxygens (including phenoxy) is 1. The van der Waals surface area contributed by atoms with Gasteiger partial charge in [0, 0.05) is 24.1 Å². The molecule has 2 aromatic carbocycles. The number of carbonyl (C=O) groups excluding carboxylic acids is 1. The largest absolute Gasteiger partial charge is 0.497 e. The third kappa shape index (κ3) is 3.90. The Morgan fingerprint density at radius 1 is 1.06 bits per heavy atom. The van der Waals surface area contributed by atoms with Gasteiger partial charge in [0.1, 0.15) is 16.5 Å². The molecular weight excluding hydrogens is 445 g/mol. The summed E-state index contributed by atoms with van der Waals surface area (Å²) in [7, 11) is 3.63. The number of hydrogen-bond acceptors (Lipinski definition) is 6. The van der Waals surface area contributed by atoms with Gasteiger partial charge in [-0.05, 0) is 61.0 Å². The minimum absolute atomic E-state index is 0.0110. The van der Waals surface area contributed by atoms with E-state index in [0.717, 1.165) is 47.0 Å². The molecule has 3 aliphatic rings. The van der Waals surface area contributed by atoms with E-state index in [9.17, 15) is 9.18 Å². The Kier molecular flexibility index (Phi) is 5.90. The van der Waals surface area contributed by atoms with Crippen LogP contribution < -0.4 is 9.64 Å². The van der Waals surface area contributed by atoms with Crippen LogP contribution in [0.5, 0.6) is 5.75 Å². The average Bonchev–Trinajstić information content (AvgIpc) is 3.31. The van der Waals surface area contributed by atoms with Crippen molar-refractivity contribution >= 4 is 46.0 Å². The number of nitrogens with zero attached hydrogens (tertiary/aromatic N) is 3. The van der Waals surface area contributed by atoms with Gasteiger partial charge in [-0.2, -0.15) is 0 Å². The van der Waals surface area contributed by atoms with Crippen LogP contribution in [0.25, 0.3) is 0 Å². The van der Waals surface area contributed by atoms with Crippen LogP contribution in [0.1, 0.15) is 32.1 Å². The summed E-state index contributed by atoms with van der Waals surface area (Å²) in [6, 6.07) is 12.2. The number of methoxy groups -OCH3 is 1. The maximum atomic E-state index is 13.7. The number of amidine groups is 1. The van der Waals surface area contributed by atoms with E-state index in [-0.39, 0.29) is 17.8 Å². The van der Waals surface area contributed by atoms with E-state index >= 15 is 0 Å². The summed E-state index contributed by atoms with van der Waals surface area (Å²) < 4.78 is 18.8. The maximum Gasteiger partial charge on any atom is 0.269 e. The topological polar surface area (TPSA) is 45.1 Å². The van der Waals surface area contributed by atoms with Crippen LogP contribution >= 0.6 is 23.5 Å². The van der Waals surface area contributed by atoms with Crippen LogP contribution in [0.15, 0.2) is 62.3 Å². The van der Waals surface area contributed by atoms with Gasteiger partial charge >= 0.3 is 0 Å². The van der Waals surface area contributed by atoms with Crippen molar-refractivity contribution in [2.75, 3.05) is 19.1 Å². The molecule has 8 heteroatoms. The van der Waals surface area contributed by atoms with Gasteiger partial charge in [-0.1, -0.05) is 31.0 Å². The summed E-state index contributed by atoms with van der Waals surface area (Å²) in [6.07, 6.45) is 5.42. The van der Waals surface area contributed by atoms with Crippen LogP contribution in [0.2, 0.25) is 0 Å². The number of anilines is 1. The first-order valence-corrected chi connectivity index (χ1v) is 12.4. The molecule has 1 saturated carbocycles. The van der Waals surface area contributed by atoms with Crippen molar-refractivity contribution in [3.63, 3.8) is 0 Å². The van der Waals surface area contributed by atoms with Crippen LogP contribution in [0.3, 0.4) is 0 Å². The van der Waals surface area contributed by atoms with Gasteiger partial charge in [-0.15, -0.1) is 0 Å². The molecule has 5 nitrogen and oxygen atoms in total. The van der Waals surface area contributed by atoms with Gasteiger partial charge in [0.15, 0.2) is 5.17 Å². The Morgan fingerprint density at radius 2 is 1.81 bits per heavy atom. The van der Waals surface area contributed by atoms with Crippen LogP contribution in [0, 0.1) is 5.82 Å². The molecule has 2 aromatic rings. The first-order chi connectivity index (χ1) is 15.5. The third-order valence-corrected chi connectivity index (χ3v) is 8.44. The lowest BCUT2D eigenvalue weighted by atomic mass is 9.94. The summed E-state index contributed by atoms with van der Waals surface area (Å²) in [5.74, 6) is 0.500. The molecule has 0 radical (unpaired) electrons. The molecule has 166 valence electrons. The second-order valence-electron chi connectivity index (χ2n) is 8.07. The average molecular weight is 470 g/mol. The summed E-state index contributed by atoms with van der Waals surface area (Å²) in [5, 5.41) is 1.59. The molecular formula is C24H24FN3O2S2. The van der Waals surface area contributed by atoms with Crippen LogP contribution in [-0.2, 0) is 4.79 Å². The molecule has 2 fully saturated rings. The highest BCUT2D eigenvalue weighted by atomic mass is 32.2. The number of carbonyl (C=O) groups is 1. The molecule has 0 bridgehead atoms. The number of thioether (sulfide) groups is 2. The fraction of sp³-hybridized carbons (Fsp3) is 0.333. The highest BCUT2D eigenvalue weighted by molar-refractivity contribution is 8.19. The van der Waals surface area contributed by atoms with Gasteiger partial charge in [0.2, 0.25) is 0 Å². The van der Waals surface area contributed by atoms with Gasteiger partial charge in [0.25, 0.3) is 5.91 Å². The number of rotatable bonds is 3. The number of amides is 1. The molecule has 0 unspecified atom stereocenters. The Hall–Kier alpha value is -2.45. The fourth-order valence-electron chi connectivity index (χ4n) is 4.33. The molecule has 2 aliphatic heterocycles. The predicted molar refractivity (Wildman–Crippen MR) is 129 cm³/mol. The van der Waals surface area contributed by atoms with E-state index in [1.807, 2.05) is 30.1 Å². The summed E-state index contributed by atoms with van der Waals surface area (Å²) in [6.45, 7) is 0. The van der Waals surface area contributed by atoms with Gasteiger partial charge in [-0.3, -0.25) is 9.69 Å². The summed E-state index contributed by atoms with van der Waals surface area (Å²) in [4.78, 5) is 24.2. The van der Waals surface area contributed by atoms with Crippen molar-refractivity contribution in [2.24, 2.45) is 4.99 Å². The normalized spacial score (nSPS) is 22.7. The monoisotopic (exact) mass is 469 g/mol. The maximum absolute atomic E-state index is 13.7. The minimum Gasteiger partial charge on any atom is -0.497 e. The molecule has 2 heterocycles. The minimum atomic E-state index is -0.298. The highest BCUT2D eigenvalue weighted by Gasteiger charge is 2.42. The predicted octanol–water partition coefficient (Wildman–Crippen LogP) is 6.14. The molecule has 0 spiro atoms. The van der Waals surface area contributed by atoms with E-state index < -0.39 is 0 Å². The lowest BCUT2D eigenvalue weighted by Crippen LogP contribution is -2.40. The molecule has 32 heavy (non-hydrogen) atoms. The van der Waals surface area contributed by atoms with Gasteiger partial charge < -0.3 is 9.64 Å². The van der Waals surface area contributed by atoms with Crippen molar-refractivity contribution in [3.05, 3.63) is 58.2 Å². The van der Waals surface area contributed by atoms with Crippen molar-refractivity contribution < 1.29 is 13.9 Å². The molecule has 5 rings (SSSR count). The standard InChI is InChI=1S/C24H24FN3O2S2/c1-27-19-14-18(30-2)12-13-20(19)31-23(27)21-22(29)28(17-6-4-3-5-7-17)24(32-21)26-16-10-8-15(25)9-11-16/h8-14,17H,3-7H2,1-2H3. The first-order valence-electron chi connectivity index (χ1n) is 10.7. The van der Waals surface area contributed by atoms with Gasteiger partial charge in [-0.25, -0.2) is 9.38 Å². The first kappa shape index (κ1) is 21.4. The lowest BCUT2D eigenvalue weighted by Gasteiger charge is -2.30. The van der Waals surface area contributed by atoms with Crippen molar-refractivity contribution in [2.45, 2.75) is 43.0 Å². The number of hydrogen-bond donors (Lipinski definition) is 0. The molecule has 1 aliphatic carbocycles. The SMILES string of the molecule is COc1ccc2c(c1)N(C)C(=C1SC(=Nc3ccc(F)cc3)N(C3CCCCC3)C1=O)S2. The Balaban J connectivity index is 1.54. The summed E-state index contributed by atoms with van der Waals surface area (Å²) in [5.41, 5.74) is 1.67. The third-order valence-electron chi connectivity index (χ3n) is 6.04. The second-order valence-corrected chi connectivity index (χ2v) is 10.1. The number of aliphatic imine (C=N–C) groups is 1. The van der Waals surface area contributed by atoms with E-state index in [2.05, 4.69) is 4.90 Å². The zero-order valence-corrected chi connectivity index (χ0v) is 19.6. The van der Waals surface area contributed by atoms with E-state index in [4.69, 9.17) is 9.73 Å². The molecule has 1 saturated heterocycles. The zero-order chi connectivity index (χ0) is 22.2. The van der Waals surface area contributed by atoms with Crippen molar-refractivity contribution in [1.29, 1.82) is 0 Å². The Labute approximate surface area is 195 Å². The molecule has 0 N–H and O–H groups in total. The van der Waals surface area contributed by atoms with E-state index in [1.165, 1.54) is 30.3 Å². The highest BCUT2D eigenvalue weighted by Crippen LogP contribution is 2.51. The van der Waals surface area contributed by atoms with Crippen molar-refractivity contribution in [3.8, 4) is 5.75 Å². The Morgan fingerprint density at radius 3 is 2.53 bits per heavy atom. The molecule has 0 atom stereocenters. The van der Waals surface area contributed by atoms with Crippen molar-refractivity contribution in [1.82, 2.24) is 4.90 Å². The van der Waals surface area contributed by atoms with E-state index in [0.29, 0.717) is 15.8 Å². The zero-order valence-electron chi connectivity index (χ0n) is 18.0. The van der Waals surface area contributed by atoms with Crippen LogP contribution in [0.4, 0.5) is 15.8 Å². The summed E-state index contributed by atoms with van der Waals surface area (Å²) >= 11 is 3.02. The number of fused-ring (bicyclic) bond motifs is 1. The Bertz CT molecular complexity index is 1110. The molecule has 1 amide bonds. The molecule has 0 aromatic heterocycles. The number of benzene rings is 2. The lowest BCUT2D eigenvalue weighted by molar-refractivity contribution is -0.124. The fourth-order valence-corrected chi connectivity index (χ4v) is 6.72. The quantitative estimate of drug-likeness (QED) is 0.505.